The highest BCUT2D eigenvalue weighted by atomic mass is 15.1. The zero-order valence-corrected chi connectivity index (χ0v) is 21.0. The summed E-state index contributed by atoms with van der Waals surface area (Å²) in [5, 5.41) is 3.67. The molecule has 0 aromatic heterocycles. The summed E-state index contributed by atoms with van der Waals surface area (Å²) in [6.45, 7) is 6.78. The van der Waals surface area contributed by atoms with E-state index in [1.54, 1.807) is 11.1 Å². The molecule has 4 heteroatoms. The van der Waals surface area contributed by atoms with Crippen LogP contribution < -0.4 is 5.32 Å². The largest absolute Gasteiger partial charge is 0.308 e. The fraction of sp³-hybridized carbons (Fsp3) is 0.621. The minimum atomic E-state index is 0.564. The first-order chi connectivity index (χ1) is 16.2. The fourth-order valence-electron chi connectivity index (χ4n) is 5.59. The van der Waals surface area contributed by atoms with Gasteiger partial charge in [-0.2, -0.15) is 0 Å². The number of nitrogens with zero attached hydrogens (tertiary/aromatic N) is 3. The number of hydrogen-bond acceptors (Lipinski definition) is 4. The molecule has 1 aromatic carbocycles. The molecule has 1 unspecified atom stereocenters. The van der Waals surface area contributed by atoms with Crippen LogP contribution in [-0.2, 0) is 13.0 Å². The monoisotopic (exact) mass is 448 g/mol. The molecule has 4 aliphatic rings. The van der Waals surface area contributed by atoms with Crippen LogP contribution >= 0.6 is 0 Å². The Bertz CT molecular complexity index is 823. The van der Waals surface area contributed by atoms with E-state index in [9.17, 15) is 0 Å². The number of piperidine rings is 1. The molecule has 1 saturated carbocycles. The van der Waals surface area contributed by atoms with E-state index < -0.39 is 0 Å². The minimum absolute atomic E-state index is 0.564. The molecule has 1 aromatic rings. The third kappa shape index (κ3) is 7.37. The van der Waals surface area contributed by atoms with Gasteiger partial charge in [0.05, 0.1) is 0 Å². The maximum absolute atomic E-state index is 4.50. The van der Waals surface area contributed by atoms with Crippen molar-refractivity contribution in [2.45, 2.75) is 70.4 Å². The number of aliphatic imine (C=N–C) groups is 1. The van der Waals surface area contributed by atoms with Crippen LogP contribution in [0, 0.1) is 0 Å². The fourth-order valence-corrected chi connectivity index (χ4v) is 5.59. The molecule has 3 heterocycles. The molecule has 33 heavy (non-hydrogen) atoms. The summed E-state index contributed by atoms with van der Waals surface area (Å²) < 4.78 is 0. The smallest absolute Gasteiger partial charge is 0.0427 e. The van der Waals surface area contributed by atoms with E-state index in [4.69, 9.17) is 0 Å². The zero-order valence-electron chi connectivity index (χ0n) is 21.0. The second-order valence-corrected chi connectivity index (χ2v) is 10.3. The molecule has 1 N–H and O–H groups in total. The molecule has 1 atom stereocenters. The zero-order chi connectivity index (χ0) is 22.9. The number of likely N-dealkylation sites (N-methyl/N-ethyl adjacent to an activating group) is 1. The second-order valence-electron chi connectivity index (χ2n) is 10.3. The molecule has 180 valence electrons. The van der Waals surface area contributed by atoms with Crippen LogP contribution in [0.3, 0.4) is 0 Å². The van der Waals surface area contributed by atoms with Crippen molar-refractivity contribution in [2.24, 2.45) is 4.99 Å². The lowest BCUT2D eigenvalue weighted by Crippen LogP contribution is -2.42. The van der Waals surface area contributed by atoms with Crippen molar-refractivity contribution in [3.05, 3.63) is 52.6 Å². The Morgan fingerprint density at radius 2 is 1.94 bits per heavy atom. The van der Waals surface area contributed by atoms with Crippen molar-refractivity contribution in [2.75, 3.05) is 46.8 Å². The highest BCUT2D eigenvalue weighted by molar-refractivity contribution is 6.01. The van der Waals surface area contributed by atoms with Crippen LogP contribution in [0.4, 0.5) is 0 Å². The van der Waals surface area contributed by atoms with E-state index in [1.807, 2.05) is 0 Å². The molecule has 0 spiro atoms. The van der Waals surface area contributed by atoms with Crippen LogP contribution in [0.2, 0.25) is 0 Å². The third-order valence-electron chi connectivity index (χ3n) is 7.34. The summed E-state index contributed by atoms with van der Waals surface area (Å²) in [6, 6.07) is 7.32. The van der Waals surface area contributed by atoms with Gasteiger partial charge in [0.25, 0.3) is 0 Å². The molecular formula is C29H44N4. The van der Waals surface area contributed by atoms with E-state index in [0.717, 1.165) is 32.6 Å². The number of rotatable bonds is 5. The SMILES string of the molecule is C1=C2CCCCC2=NCC1.CN(C)CC1Cc2c(/C=C/CN3CCCCC3)cccc2CN1. The van der Waals surface area contributed by atoms with Gasteiger partial charge in [-0.1, -0.05) is 42.8 Å². The van der Waals surface area contributed by atoms with Gasteiger partial charge in [-0.25, -0.2) is 0 Å². The number of dihydropyridines is 1. The molecule has 1 aliphatic carbocycles. The quantitative estimate of drug-likeness (QED) is 0.680. The second kappa shape index (κ2) is 12.6. The Labute approximate surface area is 201 Å². The van der Waals surface area contributed by atoms with Crippen LogP contribution in [-0.4, -0.2) is 68.4 Å². The Balaban J connectivity index is 0.000000214. The topological polar surface area (TPSA) is 30.9 Å². The molecule has 3 aliphatic heterocycles. The molecule has 2 fully saturated rings. The third-order valence-corrected chi connectivity index (χ3v) is 7.34. The van der Waals surface area contributed by atoms with Gasteiger partial charge in [0.15, 0.2) is 0 Å². The predicted octanol–water partition coefficient (Wildman–Crippen LogP) is 5.09. The number of benzene rings is 1. The first-order valence-electron chi connectivity index (χ1n) is 13.3. The van der Waals surface area contributed by atoms with Crippen LogP contribution in [0.1, 0.15) is 68.1 Å². The molecule has 0 amide bonds. The van der Waals surface area contributed by atoms with Gasteiger partial charge in [-0.05, 0) is 101 Å². The van der Waals surface area contributed by atoms with Crippen molar-refractivity contribution in [3.8, 4) is 0 Å². The van der Waals surface area contributed by atoms with E-state index in [-0.39, 0.29) is 0 Å². The number of fused-ring (bicyclic) bond motifs is 2. The lowest BCUT2D eigenvalue weighted by atomic mass is 9.91. The maximum Gasteiger partial charge on any atom is 0.0427 e. The first-order valence-corrected chi connectivity index (χ1v) is 13.3. The van der Waals surface area contributed by atoms with Crippen molar-refractivity contribution >= 4 is 11.8 Å². The molecule has 4 nitrogen and oxygen atoms in total. The number of nitrogens with one attached hydrogen (secondary N) is 1. The number of allylic oxidation sites excluding steroid dienone is 1. The minimum Gasteiger partial charge on any atom is -0.308 e. The summed E-state index contributed by atoms with van der Waals surface area (Å²) in [5.41, 5.74) is 7.41. The van der Waals surface area contributed by atoms with E-state index >= 15 is 0 Å². The highest BCUT2D eigenvalue weighted by Gasteiger charge is 2.20. The normalized spacial score (nSPS) is 23.3. The van der Waals surface area contributed by atoms with E-state index in [1.165, 1.54) is 81.3 Å². The standard InChI is InChI=1S/C20H31N3.C9H13N/c1-22(2)16-19-14-20-17(8-6-9-18(20)15-21-19)10-7-13-23-11-4-3-5-12-23;1-2-6-9-8(4-1)5-3-7-10-9/h6-10,19,21H,3-5,11-16H2,1-2H3;5H,1-4,6-7H2/b10-7+;. The van der Waals surface area contributed by atoms with E-state index in [2.05, 4.69) is 70.6 Å². The maximum atomic E-state index is 4.50. The number of likely N-dealkylation sites (tertiary alicyclic amines) is 1. The average molecular weight is 449 g/mol. The Kier molecular flexibility index (Phi) is 9.34. The molecule has 0 radical (unpaired) electrons. The van der Waals surface area contributed by atoms with Crippen molar-refractivity contribution < 1.29 is 0 Å². The summed E-state index contributed by atoms with van der Waals surface area (Å²) in [7, 11) is 4.31. The average Bonchev–Trinajstić information content (AvgIpc) is 2.85. The van der Waals surface area contributed by atoms with Crippen LogP contribution in [0.5, 0.6) is 0 Å². The summed E-state index contributed by atoms with van der Waals surface area (Å²) in [5.74, 6) is 0. The molecule has 5 rings (SSSR count). The summed E-state index contributed by atoms with van der Waals surface area (Å²) in [4.78, 5) is 9.35. The van der Waals surface area contributed by atoms with Crippen molar-refractivity contribution in [1.82, 2.24) is 15.1 Å². The van der Waals surface area contributed by atoms with Crippen molar-refractivity contribution in [3.63, 3.8) is 0 Å². The predicted molar refractivity (Wildman–Crippen MR) is 142 cm³/mol. The van der Waals surface area contributed by atoms with Gasteiger partial charge in [0, 0.05) is 37.9 Å². The summed E-state index contributed by atoms with van der Waals surface area (Å²) >= 11 is 0. The molecule has 1 saturated heterocycles. The number of hydrogen-bond donors (Lipinski definition) is 1. The molecular weight excluding hydrogens is 404 g/mol. The highest BCUT2D eigenvalue weighted by Crippen LogP contribution is 2.24. The van der Waals surface area contributed by atoms with Gasteiger partial charge in [0.1, 0.15) is 0 Å². The van der Waals surface area contributed by atoms with Gasteiger partial charge < -0.3 is 10.2 Å². The summed E-state index contributed by atoms with van der Waals surface area (Å²) in [6.07, 6.45) is 18.8. The Morgan fingerprint density at radius 1 is 1.09 bits per heavy atom. The Hall–Kier alpha value is -1.75. The first kappa shape index (κ1) is 24.4. The van der Waals surface area contributed by atoms with Gasteiger partial charge in [-0.3, -0.25) is 9.89 Å². The lowest BCUT2D eigenvalue weighted by molar-refractivity contribution is 0.252. The van der Waals surface area contributed by atoms with Crippen molar-refractivity contribution in [1.29, 1.82) is 0 Å². The van der Waals surface area contributed by atoms with Crippen LogP contribution in [0.15, 0.2) is 40.9 Å². The Morgan fingerprint density at radius 3 is 2.76 bits per heavy atom. The molecule has 0 bridgehead atoms. The van der Waals surface area contributed by atoms with Crippen LogP contribution in [0.25, 0.3) is 6.08 Å². The van der Waals surface area contributed by atoms with E-state index in [0.29, 0.717) is 6.04 Å². The van der Waals surface area contributed by atoms with Gasteiger partial charge in [0.2, 0.25) is 0 Å². The lowest BCUT2D eigenvalue weighted by Gasteiger charge is -2.29. The van der Waals surface area contributed by atoms with Gasteiger partial charge in [-0.15, -0.1) is 0 Å². The van der Waals surface area contributed by atoms with Gasteiger partial charge >= 0.3 is 0 Å².